The Morgan fingerprint density at radius 3 is 2.26 bits per heavy atom. The molecule has 0 aromatic heterocycles. The van der Waals surface area contributed by atoms with E-state index in [9.17, 15) is 15.3 Å². The molecule has 3 heteroatoms. The van der Waals surface area contributed by atoms with Gasteiger partial charge in [-0.2, -0.15) is 0 Å². The Balaban J connectivity index is 2.38. The molecule has 19 heavy (non-hydrogen) atoms. The van der Waals surface area contributed by atoms with Crippen LogP contribution in [-0.2, 0) is 0 Å². The van der Waals surface area contributed by atoms with Crippen molar-refractivity contribution in [1.82, 2.24) is 0 Å². The predicted octanol–water partition coefficient (Wildman–Crippen LogP) is 2.33. The average molecular weight is 270 g/mol. The zero-order valence-corrected chi connectivity index (χ0v) is 12.8. The van der Waals surface area contributed by atoms with E-state index in [-0.39, 0.29) is 29.5 Å². The first-order valence-corrected chi connectivity index (χ1v) is 7.67. The summed E-state index contributed by atoms with van der Waals surface area (Å²) in [7, 11) is 0. The lowest BCUT2D eigenvalue weighted by Crippen LogP contribution is -2.60. The molecule has 5 atom stereocenters. The Bertz CT molecular complexity index is 333. The molecule has 2 aliphatic carbocycles. The summed E-state index contributed by atoms with van der Waals surface area (Å²) in [6.45, 7) is 8.64. The van der Waals surface area contributed by atoms with E-state index in [0.717, 1.165) is 25.7 Å². The lowest BCUT2D eigenvalue weighted by Gasteiger charge is -2.62. The summed E-state index contributed by atoms with van der Waals surface area (Å²) < 4.78 is 0. The van der Waals surface area contributed by atoms with Gasteiger partial charge in [-0.25, -0.2) is 0 Å². The van der Waals surface area contributed by atoms with Gasteiger partial charge in [-0.3, -0.25) is 0 Å². The first kappa shape index (κ1) is 15.3. The van der Waals surface area contributed by atoms with E-state index in [4.69, 9.17) is 0 Å². The van der Waals surface area contributed by atoms with Crippen LogP contribution in [0.4, 0.5) is 0 Å². The van der Waals surface area contributed by atoms with Gasteiger partial charge in [0.25, 0.3) is 0 Å². The fourth-order valence-corrected chi connectivity index (χ4v) is 5.29. The van der Waals surface area contributed by atoms with Gasteiger partial charge in [0.05, 0.1) is 11.7 Å². The fourth-order valence-electron chi connectivity index (χ4n) is 5.29. The van der Waals surface area contributed by atoms with Crippen molar-refractivity contribution < 1.29 is 15.3 Å². The maximum atomic E-state index is 10.7. The highest BCUT2D eigenvalue weighted by Crippen LogP contribution is 2.62. The van der Waals surface area contributed by atoms with E-state index in [2.05, 4.69) is 20.8 Å². The number of hydrogen-bond donors (Lipinski definition) is 3. The normalized spacial score (nSPS) is 49.7. The van der Waals surface area contributed by atoms with Crippen LogP contribution in [0.1, 0.15) is 59.8 Å². The molecule has 0 aliphatic heterocycles. The average Bonchev–Trinajstić information content (AvgIpc) is 2.29. The lowest BCUT2D eigenvalue weighted by molar-refractivity contribution is -0.197. The molecule has 2 saturated carbocycles. The van der Waals surface area contributed by atoms with Crippen LogP contribution in [0.15, 0.2) is 0 Å². The third-order valence-electron chi connectivity index (χ3n) is 6.41. The highest BCUT2D eigenvalue weighted by molar-refractivity contribution is 5.09. The minimum Gasteiger partial charge on any atom is -0.396 e. The number of hydrogen-bond acceptors (Lipinski definition) is 3. The molecular weight excluding hydrogens is 240 g/mol. The minimum atomic E-state index is -0.688. The van der Waals surface area contributed by atoms with Gasteiger partial charge in [-0.1, -0.05) is 20.8 Å². The first-order chi connectivity index (χ1) is 8.66. The summed E-state index contributed by atoms with van der Waals surface area (Å²) in [6.07, 6.45) is 3.90. The maximum Gasteiger partial charge on any atom is 0.0654 e. The van der Waals surface area contributed by atoms with Crippen LogP contribution in [0.25, 0.3) is 0 Å². The summed E-state index contributed by atoms with van der Waals surface area (Å²) in [4.78, 5) is 0. The molecule has 0 amide bonds. The molecule has 0 saturated heterocycles. The second-order valence-corrected chi connectivity index (χ2v) is 7.89. The number of fused-ring (bicyclic) bond motifs is 1. The zero-order chi connectivity index (χ0) is 14.5. The third-order valence-corrected chi connectivity index (χ3v) is 6.41. The van der Waals surface area contributed by atoms with Crippen molar-refractivity contribution in [2.24, 2.45) is 22.7 Å². The van der Waals surface area contributed by atoms with Crippen molar-refractivity contribution in [2.75, 3.05) is 6.61 Å². The summed E-state index contributed by atoms with van der Waals surface area (Å²) in [5, 5.41) is 30.4. The van der Waals surface area contributed by atoms with Crippen LogP contribution in [-0.4, -0.2) is 33.6 Å². The van der Waals surface area contributed by atoms with Crippen molar-refractivity contribution in [3.63, 3.8) is 0 Å². The Morgan fingerprint density at radius 2 is 1.68 bits per heavy atom. The highest BCUT2D eigenvalue weighted by atomic mass is 16.3. The molecule has 0 unspecified atom stereocenters. The number of aliphatic hydroxyl groups excluding tert-OH is 2. The van der Waals surface area contributed by atoms with Gasteiger partial charge in [0, 0.05) is 6.61 Å². The molecule has 3 nitrogen and oxygen atoms in total. The quantitative estimate of drug-likeness (QED) is 0.722. The van der Waals surface area contributed by atoms with Crippen molar-refractivity contribution in [1.29, 1.82) is 0 Å². The first-order valence-electron chi connectivity index (χ1n) is 7.67. The summed E-state index contributed by atoms with van der Waals surface area (Å²) in [6, 6.07) is 0. The molecular formula is C16H30O3. The molecule has 0 spiro atoms. The monoisotopic (exact) mass is 270 g/mol. The number of aliphatic hydroxyl groups is 3. The zero-order valence-electron chi connectivity index (χ0n) is 12.8. The molecule has 0 aromatic carbocycles. The van der Waals surface area contributed by atoms with E-state index in [1.807, 2.05) is 6.92 Å². The van der Waals surface area contributed by atoms with Crippen LogP contribution < -0.4 is 0 Å². The SMILES string of the molecule is CC1(C)[C@H]2CC[C@](C)(O)[C@@H](CCO)[C@]2(C)CC[C@@H]1O. The lowest BCUT2D eigenvalue weighted by atomic mass is 9.44. The summed E-state index contributed by atoms with van der Waals surface area (Å²) >= 11 is 0. The topological polar surface area (TPSA) is 60.7 Å². The van der Waals surface area contributed by atoms with Crippen LogP contribution in [0, 0.1) is 22.7 Å². The van der Waals surface area contributed by atoms with Crippen molar-refractivity contribution >= 4 is 0 Å². The van der Waals surface area contributed by atoms with Crippen LogP contribution in [0.5, 0.6) is 0 Å². The van der Waals surface area contributed by atoms with Gasteiger partial charge in [-0.05, 0) is 61.7 Å². The highest BCUT2D eigenvalue weighted by Gasteiger charge is 2.59. The largest absolute Gasteiger partial charge is 0.396 e. The van der Waals surface area contributed by atoms with E-state index in [1.54, 1.807) is 0 Å². The molecule has 2 fully saturated rings. The maximum absolute atomic E-state index is 10.7. The summed E-state index contributed by atoms with van der Waals surface area (Å²) in [5.41, 5.74) is -0.767. The van der Waals surface area contributed by atoms with E-state index >= 15 is 0 Å². The molecule has 3 N–H and O–H groups in total. The number of rotatable bonds is 2. The Morgan fingerprint density at radius 1 is 1.05 bits per heavy atom. The predicted molar refractivity (Wildman–Crippen MR) is 75.7 cm³/mol. The third kappa shape index (κ3) is 2.24. The molecule has 0 aromatic rings. The van der Waals surface area contributed by atoms with Gasteiger partial charge < -0.3 is 15.3 Å². The van der Waals surface area contributed by atoms with Crippen molar-refractivity contribution in [3.8, 4) is 0 Å². The molecule has 0 radical (unpaired) electrons. The minimum absolute atomic E-state index is 0.0210. The molecule has 112 valence electrons. The fraction of sp³-hybridized carbons (Fsp3) is 1.00. The van der Waals surface area contributed by atoms with Gasteiger partial charge in [0.1, 0.15) is 0 Å². The molecule has 0 heterocycles. The van der Waals surface area contributed by atoms with Gasteiger partial charge in [0.2, 0.25) is 0 Å². The van der Waals surface area contributed by atoms with Gasteiger partial charge in [0.15, 0.2) is 0 Å². The Kier molecular flexibility index (Phi) is 3.79. The molecule has 0 bridgehead atoms. The Labute approximate surface area is 117 Å². The van der Waals surface area contributed by atoms with Crippen LogP contribution >= 0.6 is 0 Å². The summed E-state index contributed by atoms with van der Waals surface area (Å²) in [5.74, 6) is 0.538. The van der Waals surface area contributed by atoms with Gasteiger partial charge in [-0.15, -0.1) is 0 Å². The molecule has 2 rings (SSSR count). The van der Waals surface area contributed by atoms with E-state index in [0.29, 0.717) is 12.3 Å². The second kappa shape index (κ2) is 4.71. The van der Waals surface area contributed by atoms with Crippen LogP contribution in [0.2, 0.25) is 0 Å². The Hall–Kier alpha value is -0.120. The van der Waals surface area contributed by atoms with Crippen molar-refractivity contribution in [2.45, 2.75) is 71.5 Å². The van der Waals surface area contributed by atoms with Crippen LogP contribution in [0.3, 0.4) is 0 Å². The smallest absolute Gasteiger partial charge is 0.0654 e. The second-order valence-electron chi connectivity index (χ2n) is 7.89. The van der Waals surface area contributed by atoms with E-state index in [1.165, 1.54) is 0 Å². The molecule has 2 aliphatic rings. The van der Waals surface area contributed by atoms with E-state index < -0.39 is 5.60 Å². The standard InChI is InChI=1S/C16H30O3/c1-14(2)11-5-9-16(4,19)12(7-10-17)15(11,3)8-6-13(14)18/h11-13,17-19H,5-10H2,1-4H3/t11-,12+,13+,15-,16+/m1/s1. The van der Waals surface area contributed by atoms with Crippen molar-refractivity contribution in [3.05, 3.63) is 0 Å². The van der Waals surface area contributed by atoms with Gasteiger partial charge >= 0.3 is 0 Å².